The zero-order valence-corrected chi connectivity index (χ0v) is 9.10. The van der Waals surface area contributed by atoms with Crippen LogP contribution < -0.4 is 5.73 Å². The zero-order valence-electron chi connectivity index (χ0n) is 8.29. The molecule has 0 amide bonds. The largest absolute Gasteiger partial charge is 0.324 e. The topological polar surface area (TPSA) is 26.0 Å². The third kappa shape index (κ3) is 3.37. The van der Waals surface area contributed by atoms with Gasteiger partial charge in [-0.25, -0.2) is 0 Å². The van der Waals surface area contributed by atoms with Gasteiger partial charge in [-0.3, -0.25) is 0 Å². The van der Waals surface area contributed by atoms with E-state index in [4.69, 9.17) is 5.73 Å². The van der Waals surface area contributed by atoms with Gasteiger partial charge >= 0.3 is 0 Å². The molecule has 0 aliphatic rings. The van der Waals surface area contributed by atoms with Crippen LogP contribution in [0.25, 0.3) is 0 Å². The molecule has 0 spiro atoms. The lowest BCUT2D eigenvalue weighted by atomic mass is 10.0. The van der Waals surface area contributed by atoms with Crippen molar-refractivity contribution in [2.45, 2.75) is 32.7 Å². The molecule has 74 valence electrons. The number of hydrogen-bond acceptors (Lipinski definition) is 1. The monoisotopic (exact) mass is 199 g/mol. The molecule has 0 saturated heterocycles. The van der Waals surface area contributed by atoms with Crippen LogP contribution in [0, 0.1) is 0 Å². The highest BCUT2D eigenvalue weighted by molar-refractivity contribution is 5.85. The molecule has 0 radical (unpaired) electrons. The third-order valence-corrected chi connectivity index (χ3v) is 2.26. The summed E-state index contributed by atoms with van der Waals surface area (Å²) in [5.74, 6) is 0. The number of rotatable bonds is 3. The highest BCUT2D eigenvalue weighted by Crippen LogP contribution is 2.14. The molecule has 1 rings (SSSR count). The van der Waals surface area contributed by atoms with Crippen LogP contribution in [0.5, 0.6) is 0 Å². The summed E-state index contributed by atoms with van der Waals surface area (Å²) in [7, 11) is 0. The van der Waals surface area contributed by atoms with Gasteiger partial charge in [0, 0.05) is 6.04 Å². The molecule has 1 nitrogen and oxygen atoms in total. The fourth-order valence-corrected chi connectivity index (χ4v) is 1.24. The molecular weight excluding hydrogens is 182 g/mol. The van der Waals surface area contributed by atoms with E-state index in [9.17, 15) is 0 Å². The Balaban J connectivity index is 0.00000144. The maximum Gasteiger partial charge on any atom is 0.0292 e. The van der Waals surface area contributed by atoms with Crippen LogP contribution in [0.1, 0.15) is 37.4 Å². The Morgan fingerprint density at radius 2 is 1.69 bits per heavy atom. The van der Waals surface area contributed by atoms with Crippen molar-refractivity contribution in [2.24, 2.45) is 5.73 Å². The Bertz CT molecular complexity index is 230. The van der Waals surface area contributed by atoms with Crippen LogP contribution in [0.2, 0.25) is 0 Å². The average molecular weight is 200 g/mol. The van der Waals surface area contributed by atoms with Crippen LogP contribution in [-0.4, -0.2) is 0 Å². The van der Waals surface area contributed by atoms with Gasteiger partial charge in [-0.05, 0) is 24.0 Å². The summed E-state index contributed by atoms with van der Waals surface area (Å²) in [5, 5.41) is 0. The maximum absolute atomic E-state index is 5.89. The smallest absolute Gasteiger partial charge is 0.0292 e. The van der Waals surface area contributed by atoms with E-state index < -0.39 is 0 Å². The molecule has 2 N–H and O–H groups in total. The summed E-state index contributed by atoms with van der Waals surface area (Å²) in [6.45, 7) is 4.27. The predicted octanol–water partition coefficient (Wildman–Crippen LogP) is 3.08. The van der Waals surface area contributed by atoms with Crippen LogP contribution >= 0.6 is 12.4 Å². The average Bonchev–Trinajstić information content (AvgIpc) is 2.17. The molecule has 0 saturated carbocycles. The standard InChI is InChI=1S/C11H17N.ClH/c1-3-9-5-7-10(8-6-9)11(12)4-2;/h5-8,11H,3-4,12H2,1-2H3;1H/t11-;/m0./s1. The SMILES string of the molecule is CCc1ccc([C@@H](N)CC)cc1.Cl. The van der Waals surface area contributed by atoms with Gasteiger partial charge in [0.05, 0.1) is 0 Å². The van der Waals surface area contributed by atoms with Crippen LogP contribution in [0.4, 0.5) is 0 Å². The van der Waals surface area contributed by atoms with Crippen LogP contribution in [-0.2, 0) is 6.42 Å². The quantitative estimate of drug-likeness (QED) is 0.796. The lowest BCUT2D eigenvalue weighted by Crippen LogP contribution is -2.08. The lowest BCUT2D eigenvalue weighted by Gasteiger charge is -2.08. The second-order valence-electron chi connectivity index (χ2n) is 3.11. The Hall–Kier alpha value is -0.530. The second-order valence-corrected chi connectivity index (χ2v) is 3.11. The molecule has 0 fully saturated rings. The van der Waals surface area contributed by atoms with Crippen molar-refractivity contribution in [3.63, 3.8) is 0 Å². The van der Waals surface area contributed by atoms with Crippen molar-refractivity contribution in [1.82, 2.24) is 0 Å². The van der Waals surface area contributed by atoms with E-state index in [0.29, 0.717) is 0 Å². The van der Waals surface area contributed by atoms with Gasteiger partial charge in [-0.1, -0.05) is 38.1 Å². The van der Waals surface area contributed by atoms with Gasteiger partial charge in [0.1, 0.15) is 0 Å². The molecule has 1 aromatic carbocycles. The third-order valence-electron chi connectivity index (χ3n) is 2.26. The highest BCUT2D eigenvalue weighted by atomic mass is 35.5. The Morgan fingerprint density at radius 3 is 2.08 bits per heavy atom. The van der Waals surface area contributed by atoms with Gasteiger partial charge in [0.15, 0.2) is 0 Å². The predicted molar refractivity (Wildman–Crippen MR) is 60.3 cm³/mol. The first kappa shape index (κ1) is 12.5. The summed E-state index contributed by atoms with van der Waals surface area (Å²) in [6.07, 6.45) is 2.10. The van der Waals surface area contributed by atoms with Crippen molar-refractivity contribution in [3.05, 3.63) is 35.4 Å². The first-order valence-electron chi connectivity index (χ1n) is 4.62. The Morgan fingerprint density at radius 1 is 1.15 bits per heavy atom. The molecule has 13 heavy (non-hydrogen) atoms. The Kier molecular flexibility index (Phi) is 5.76. The summed E-state index contributed by atoms with van der Waals surface area (Å²) >= 11 is 0. The molecule has 1 atom stereocenters. The second kappa shape index (κ2) is 6.01. The molecule has 1 aromatic rings. The first-order valence-corrected chi connectivity index (χ1v) is 4.62. The minimum Gasteiger partial charge on any atom is -0.324 e. The van der Waals surface area contributed by atoms with Crippen LogP contribution in [0.15, 0.2) is 24.3 Å². The number of benzene rings is 1. The van der Waals surface area contributed by atoms with Crippen molar-refractivity contribution in [2.75, 3.05) is 0 Å². The van der Waals surface area contributed by atoms with E-state index in [0.717, 1.165) is 12.8 Å². The fraction of sp³-hybridized carbons (Fsp3) is 0.455. The summed E-state index contributed by atoms with van der Waals surface area (Å²) in [6, 6.07) is 8.78. The zero-order chi connectivity index (χ0) is 8.97. The number of hydrogen-bond donors (Lipinski definition) is 1. The van der Waals surface area contributed by atoms with Crippen molar-refractivity contribution < 1.29 is 0 Å². The molecule has 2 heteroatoms. The van der Waals surface area contributed by atoms with Crippen molar-refractivity contribution in [3.8, 4) is 0 Å². The van der Waals surface area contributed by atoms with Crippen molar-refractivity contribution in [1.29, 1.82) is 0 Å². The number of aryl methyl sites for hydroxylation is 1. The summed E-state index contributed by atoms with van der Waals surface area (Å²) in [5.41, 5.74) is 8.51. The van der Waals surface area contributed by atoms with E-state index in [-0.39, 0.29) is 18.4 Å². The first-order chi connectivity index (χ1) is 5.77. The van der Waals surface area contributed by atoms with Gasteiger partial charge in [0.2, 0.25) is 0 Å². The summed E-state index contributed by atoms with van der Waals surface area (Å²) in [4.78, 5) is 0. The Labute approximate surface area is 86.7 Å². The number of nitrogens with two attached hydrogens (primary N) is 1. The molecule has 0 aliphatic carbocycles. The number of halogens is 1. The molecular formula is C11H18ClN. The fourth-order valence-electron chi connectivity index (χ4n) is 1.24. The van der Waals surface area contributed by atoms with E-state index >= 15 is 0 Å². The van der Waals surface area contributed by atoms with E-state index in [1.54, 1.807) is 0 Å². The highest BCUT2D eigenvalue weighted by Gasteiger charge is 2.01. The molecule has 0 unspecified atom stereocenters. The van der Waals surface area contributed by atoms with Crippen molar-refractivity contribution >= 4 is 12.4 Å². The van der Waals surface area contributed by atoms with Crippen LogP contribution in [0.3, 0.4) is 0 Å². The minimum atomic E-state index is 0. The van der Waals surface area contributed by atoms with Gasteiger partial charge in [-0.2, -0.15) is 0 Å². The maximum atomic E-state index is 5.89. The van der Waals surface area contributed by atoms with Gasteiger partial charge in [-0.15, -0.1) is 12.4 Å². The normalized spacial score (nSPS) is 11.9. The van der Waals surface area contributed by atoms with E-state index in [1.165, 1.54) is 11.1 Å². The van der Waals surface area contributed by atoms with E-state index in [1.807, 2.05) is 0 Å². The minimum absolute atomic E-state index is 0. The van der Waals surface area contributed by atoms with Gasteiger partial charge in [0.25, 0.3) is 0 Å². The summed E-state index contributed by atoms with van der Waals surface area (Å²) < 4.78 is 0. The molecule has 0 aliphatic heterocycles. The molecule has 0 aromatic heterocycles. The van der Waals surface area contributed by atoms with E-state index in [2.05, 4.69) is 38.1 Å². The lowest BCUT2D eigenvalue weighted by molar-refractivity contribution is 0.698. The molecule has 0 bridgehead atoms. The molecule has 0 heterocycles. The van der Waals surface area contributed by atoms with Gasteiger partial charge < -0.3 is 5.73 Å².